The van der Waals surface area contributed by atoms with Crippen LogP contribution < -0.4 is 16.4 Å². The minimum atomic E-state index is -3.00. The summed E-state index contributed by atoms with van der Waals surface area (Å²) in [6, 6.07) is 3.64. The van der Waals surface area contributed by atoms with Gasteiger partial charge in [0.05, 0.1) is 17.4 Å². The first-order valence-corrected chi connectivity index (χ1v) is 11.0. The van der Waals surface area contributed by atoms with E-state index in [1.807, 2.05) is 43.5 Å². The fourth-order valence-electron chi connectivity index (χ4n) is 3.87. The zero-order valence-corrected chi connectivity index (χ0v) is 17.5. The summed E-state index contributed by atoms with van der Waals surface area (Å²) in [4.78, 5) is 13.8. The number of carbonyl (C=O) groups is 1. The third-order valence-corrected chi connectivity index (χ3v) is 6.60. The van der Waals surface area contributed by atoms with E-state index < -0.39 is 29.3 Å². The Labute approximate surface area is 178 Å². The Balaban J connectivity index is 1.58. The van der Waals surface area contributed by atoms with Crippen molar-refractivity contribution in [1.29, 1.82) is 0 Å². The summed E-state index contributed by atoms with van der Waals surface area (Å²) in [6.07, 6.45) is 8.96. The highest BCUT2D eigenvalue weighted by Gasteiger charge is 2.47. The molecule has 3 atom stereocenters. The molecule has 4 N–H and O–H groups in total. The van der Waals surface area contributed by atoms with E-state index in [4.69, 9.17) is 5.73 Å². The second kappa shape index (κ2) is 8.39. The molecule has 1 fully saturated rings. The number of carbonyl (C=O) groups excluding carboxylic acids is 1. The molecule has 6 nitrogen and oxygen atoms in total. The van der Waals surface area contributed by atoms with E-state index in [1.165, 1.54) is 11.8 Å². The summed E-state index contributed by atoms with van der Waals surface area (Å²) in [5.41, 5.74) is 8.42. The first kappa shape index (κ1) is 20.9. The number of hydrogen-bond donors (Lipinski definition) is 3. The van der Waals surface area contributed by atoms with E-state index in [1.54, 1.807) is 10.7 Å². The lowest BCUT2D eigenvalue weighted by molar-refractivity contribution is -0.128. The van der Waals surface area contributed by atoms with Crippen LogP contribution in [0, 0.1) is 0 Å². The van der Waals surface area contributed by atoms with Gasteiger partial charge in [0.2, 0.25) is 0 Å². The van der Waals surface area contributed by atoms with Crippen molar-refractivity contribution in [2.45, 2.75) is 56.0 Å². The van der Waals surface area contributed by atoms with Crippen molar-refractivity contribution >= 4 is 28.9 Å². The van der Waals surface area contributed by atoms with Crippen LogP contribution in [0.15, 0.2) is 47.6 Å². The molecule has 160 valence electrons. The Morgan fingerprint density at radius 3 is 3.10 bits per heavy atom. The molecule has 4 rings (SSSR count). The first-order valence-electron chi connectivity index (χ1n) is 10.1. The number of fused-ring (bicyclic) bond motifs is 1. The molecule has 30 heavy (non-hydrogen) atoms. The number of hydrogen-bond acceptors (Lipinski definition) is 5. The quantitative estimate of drug-likeness (QED) is 0.674. The molecule has 1 amide bonds. The Kier molecular flexibility index (Phi) is 5.84. The van der Waals surface area contributed by atoms with E-state index in [0.717, 1.165) is 28.1 Å². The molecule has 1 aliphatic heterocycles. The molecule has 3 heterocycles. The SMILES string of the molecule is CC/C=C/C1=C(c2cnn3ccccc23)NC(C(=O)N[C@@H]2[C@H](N)CCCC2(F)F)S1. The molecule has 2 aromatic heterocycles. The average molecular weight is 434 g/mol. The summed E-state index contributed by atoms with van der Waals surface area (Å²) in [7, 11) is 0. The van der Waals surface area contributed by atoms with Crippen molar-refractivity contribution in [1.82, 2.24) is 20.2 Å². The fraction of sp³-hybridized carbons (Fsp3) is 0.429. The van der Waals surface area contributed by atoms with E-state index in [9.17, 15) is 13.6 Å². The van der Waals surface area contributed by atoms with E-state index >= 15 is 0 Å². The van der Waals surface area contributed by atoms with Gasteiger partial charge in [-0.1, -0.05) is 36.9 Å². The van der Waals surface area contributed by atoms with Gasteiger partial charge in [0.25, 0.3) is 11.8 Å². The van der Waals surface area contributed by atoms with E-state index in [0.29, 0.717) is 12.8 Å². The molecule has 0 saturated heterocycles. The number of thioether (sulfide) groups is 1. The van der Waals surface area contributed by atoms with Crippen LogP contribution in [0.25, 0.3) is 11.2 Å². The monoisotopic (exact) mass is 433 g/mol. The lowest BCUT2D eigenvalue weighted by Gasteiger charge is -2.36. The molecule has 0 spiro atoms. The van der Waals surface area contributed by atoms with Crippen LogP contribution in [0.5, 0.6) is 0 Å². The maximum Gasteiger partial charge on any atom is 0.269 e. The predicted molar refractivity (Wildman–Crippen MR) is 115 cm³/mol. The molecule has 0 radical (unpaired) electrons. The normalized spacial score (nSPS) is 26.3. The minimum absolute atomic E-state index is 0.257. The van der Waals surface area contributed by atoms with Crippen molar-refractivity contribution in [3.05, 3.63) is 53.2 Å². The third-order valence-electron chi connectivity index (χ3n) is 5.43. The number of alkyl halides is 2. The predicted octanol–water partition coefficient (Wildman–Crippen LogP) is 3.26. The van der Waals surface area contributed by atoms with Gasteiger partial charge in [0.15, 0.2) is 5.37 Å². The van der Waals surface area contributed by atoms with Gasteiger partial charge in [-0.05, 0) is 31.4 Å². The summed E-state index contributed by atoms with van der Waals surface area (Å²) >= 11 is 1.31. The molecular formula is C21H25F2N5OS. The maximum atomic E-state index is 14.3. The Morgan fingerprint density at radius 2 is 2.33 bits per heavy atom. The number of aromatic nitrogens is 2. The number of nitrogens with zero attached hydrogens (tertiary/aromatic N) is 2. The Morgan fingerprint density at radius 1 is 1.50 bits per heavy atom. The summed E-state index contributed by atoms with van der Waals surface area (Å²) in [5.74, 6) is -3.49. The second-order valence-electron chi connectivity index (χ2n) is 7.58. The zero-order valence-electron chi connectivity index (χ0n) is 16.6. The van der Waals surface area contributed by atoms with Gasteiger partial charge >= 0.3 is 0 Å². The minimum Gasteiger partial charge on any atom is -0.364 e. The summed E-state index contributed by atoms with van der Waals surface area (Å²) < 4.78 is 30.4. The number of nitrogens with one attached hydrogen (secondary N) is 2. The number of amides is 1. The second-order valence-corrected chi connectivity index (χ2v) is 8.73. The molecule has 1 saturated carbocycles. The average Bonchev–Trinajstić information content (AvgIpc) is 3.33. The highest BCUT2D eigenvalue weighted by atomic mass is 32.2. The number of rotatable bonds is 5. The van der Waals surface area contributed by atoms with Gasteiger partial charge in [-0.3, -0.25) is 4.79 Å². The molecule has 2 aromatic rings. The molecule has 0 aromatic carbocycles. The largest absolute Gasteiger partial charge is 0.364 e. The molecule has 0 bridgehead atoms. The van der Waals surface area contributed by atoms with Gasteiger partial charge in [-0.25, -0.2) is 13.3 Å². The Bertz CT molecular complexity index is 1000. The number of nitrogens with two attached hydrogens (primary N) is 1. The topological polar surface area (TPSA) is 84.5 Å². The van der Waals surface area contributed by atoms with Gasteiger partial charge in [0, 0.05) is 29.1 Å². The molecule has 9 heteroatoms. The van der Waals surface area contributed by atoms with Crippen molar-refractivity contribution in [3.63, 3.8) is 0 Å². The number of allylic oxidation sites excluding steroid dienone is 2. The van der Waals surface area contributed by atoms with Gasteiger partial charge in [-0.2, -0.15) is 5.10 Å². The van der Waals surface area contributed by atoms with Crippen molar-refractivity contribution in [3.8, 4) is 0 Å². The van der Waals surface area contributed by atoms with Crippen molar-refractivity contribution < 1.29 is 13.6 Å². The standard InChI is InChI=1S/C21H25F2N5OS/c1-2-3-9-16-17(13-12-25-28-11-5-4-8-15(13)28)26-20(30-16)19(29)27-18-14(24)7-6-10-21(18,22)23/h3-5,8-9,11-12,14,18,20,26H,2,6-7,10,24H2,1H3,(H,27,29)/b9-3+/t14-,18-,20?/m1/s1. The summed E-state index contributed by atoms with van der Waals surface area (Å²) in [5, 5.41) is 9.37. The van der Waals surface area contributed by atoms with Gasteiger partial charge < -0.3 is 16.4 Å². The smallest absolute Gasteiger partial charge is 0.269 e. The Hall–Kier alpha value is -2.39. The number of halogens is 2. The molecule has 2 aliphatic rings. The highest BCUT2D eigenvalue weighted by Crippen LogP contribution is 2.39. The summed E-state index contributed by atoms with van der Waals surface area (Å²) in [6.45, 7) is 2.02. The molecule has 1 unspecified atom stereocenters. The van der Waals surface area contributed by atoms with Gasteiger partial charge in [0.1, 0.15) is 6.04 Å². The maximum absolute atomic E-state index is 14.3. The van der Waals surface area contributed by atoms with E-state index in [2.05, 4.69) is 15.7 Å². The highest BCUT2D eigenvalue weighted by molar-refractivity contribution is 8.05. The molecule has 1 aliphatic carbocycles. The van der Waals surface area contributed by atoms with Crippen LogP contribution >= 0.6 is 11.8 Å². The van der Waals surface area contributed by atoms with Crippen LogP contribution in [-0.4, -0.2) is 38.9 Å². The van der Waals surface area contributed by atoms with Crippen LogP contribution in [0.2, 0.25) is 0 Å². The van der Waals surface area contributed by atoms with Crippen LogP contribution in [0.1, 0.15) is 38.2 Å². The fourth-order valence-corrected chi connectivity index (χ4v) is 4.94. The van der Waals surface area contributed by atoms with E-state index in [-0.39, 0.29) is 6.42 Å². The van der Waals surface area contributed by atoms with Crippen molar-refractivity contribution in [2.75, 3.05) is 0 Å². The number of pyridine rings is 1. The first-order chi connectivity index (χ1) is 14.4. The van der Waals surface area contributed by atoms with Crippen LogP contribution in [0.3, 0.4) is 0 Å². The van der Waals surface area contributed by atoms with Gasteiger partial charge in [-0.15, -0.1) is 0 Å². The third kappa shape index (κ3) is 3.96. The lowest BCUT2D eigenvalue weighted by atomic mass is 9.87. The zero-order chi connectivity index (χ0) is 21.3. The van der Waals surface area contributed by atoms with Crippen molar-refractivity contribution in [2.24, 2.45) is 5.73 Å². The van der Waals surface area contributed by atoms with Crippen LogP contribution in [0.4, 0.5) is 8.78 Å². The molecular weight excluding hydrogens is 408 g/mol. The van der Waals surface area contributed by atoms with Crippen LogP contribution in [-0.2, 0) is 4.79 Å². The lowest BCUT2D eigenvalue weighted by Crippen LogP contribution is -2.61.